The highest BCUT2D eigenvalue weighted by molar-refractivity contribution is 5.68. The molecule has 1 heterocycles. The van der Waals surface area contributed by atoms with Crippen LogP contribution >= 0.6 is 0 Å². The van der Waals surface area contributed by atoms with Gasteiger partial charge in [-0.25, -0.2) is 4.39 Å². The third kappa shape index (κ3) is 2.57. The van der Waals surface area contributed by atoms with Crippen molar-refractivity contribution in [3.8, 4) is 12.1 Å². The van der Waals surface area contributed by atoms with Crippen LogP contribution in [0.5, 0.6) is 0 Å². The number of hydrogen-bond acceptors (Lipinski definition) is 4. The van der Waals surface area contributed by atoms with Gasteiger partial charge in [-0.3, -0.25) is 4.98 Å². The number of hydrogen-bond donors (Lipinski definition) is 1. The number of anilines is 2. The summed E-state index contributed by atoms with van der Waals surface area (Å²) in [4.78, 5) is 4.22. The lowest BCUT2D eigenvalue weighted by Crippen LogP contribution is -2.00. The van der Waals surface area contributed by atoms with E-state index in [1.54, 1.807) is 19.1 Å². The molecule has 0 saturated heterocycles. The quantitative estimate of drug-likeness (QED) is 0.904. The Morgan fingerprint density at radius 1 is 1.15 bits per heavy atom. The third-order valence-corrected chi connectivity index (χ3v) is 2.81. The Hall–Kier alpha value is -2.92. The van der Waals surface area contributed by atoms with Crippen molar-refractivity contribution in [3.63, 3.8) is 0 Å². The predicted octanol–water partition coefficient (Wildman–Crippen LogP) is 3.32. The number of nitrogens with zero attached hydrogens (tertiary/aromatic N) is 3. The van der Waals surface area contributed by atoms with Crippen molar-refractivity contribution < 1.29 is 4.39 Å². The van der Waals surface area contributed by atoms with E-state index in [1.165, 1.54) is 18.2 Å². The van der Waals surface area contributed by atoms with E-state index < -0.39 is 5.82 Å². The second-order valence-corrected chi connectivity index (χ2v) is 4.31. The van der Waals surface area contributed by atoms with Crippen LogP contribution in [-0.4, -0.2) is 4.98 Å². The van der Waals surface area contributed by atoms with Crippen LogP contribution in [-0.2, 0) is 0 Å². The maximum absolute atomic E-state index is 13.3. The number of halogens is 1. The molecule has 98 valence electrons. The van der Waals surface area contributed by atoms with Gasteiger partial charge in [-0.2, -0.15) is 10.5 Å². The predicted molar refractivity (Wildman–Crippen MR) is 72.8 cm³/mol. The Morgan fingerprint density at radius 3 is 2.55 bits per heavy atom. The molecule has 0 aliphatic rings. The van der Waals surface area contributed by atoms with Gasteiger partial charge in [0.15, 0.2) is 0 Å². The molecule has 0 amide bonds. The molecule has 0 unspecified atom stereocenters. The minimum absolute atomic E-state index is 0.0454. The van der Waals surface area contributed by atoms with Gasteiger partial charge in [0.05, 0.1) is 22.5 Å². The van der Waals surface area contributed by atoms with Crippen molar-refractivity contribution in [2.45, 2.75) is 13.8 Å². The van der Waals surface area contributed by atoms with E-state index in [9.17, 15) is 9.65 Å². The molecular weight excluding hydrogens is 255 g/mol. The van der Waals surface area contributed by atoms with Crippen LogP contribution in [0.3, 0.4) is 0 Å². The van der Waals surface area contributed by atoms with E-state index in [0.717, 1.165) is 5.69 Å². The van der Waals surface area contributed by atoms with Crippen LogP contribution in [0.1, 0.15) is 22.5 Å². The molecule has 4 nitrogen and oxygen atoms in total. The molecule has 0 radical (unpaired) electrons. The van der Waals surface area contributed by atoms with E-state index in [4.69, 9.17) is 5.26 Å². The van der Waals surface area contributed by atoms with E-state index in [2.05, 4.69) is 16.4 Å². The fourth-order valence-electron chi connectivity index (χ4n) is 1.91. The number of benzene rings is 1. The first-order valence-electron chi connectivity index (χ1n) is 5.90. The first-order chi connectivity index (χ1) is 9.55. The van der Waals surface area contributed by atoms with E-state index in [0.29, 0.717) is 22.6 Å². The zero-order chi connectivity index (χ0) is 14.7. The van der Waals surface area contributed by atoms with Crippen molar-refractivity contribution in [1.82, 2.24) is 4.98 Å². The van der Waals surface area contributed by atoms with E-state index >= 15 is 0 Å². The van der Waals surface area contributed by atoms with Crippen LogP contribution in [0, 0.1) is 42.3 Å². The highest BCUT2D eigenvalue weighted by atomic mass is 19.1. The van der Waals surface area contributed by atoms with Crippen LogP contribution < -0.4 is 5.32 Å². The molecule has 0 bridgehead atoms. The second-order valence-electron chi connectivity index (χ2n) is 4.31. The molecule has 0 spiro atoms. The highest BCUT2D eigenvalue weighted by Crippen LogP contribution is 2.24. The summed E-state index contributed by atoms with van der Waals surface area (Å²) in [6.07, 6.45) is 0. The fraction of sp³-hybridized carbons (Fsp3) is 0.133. The minimum atomic E-state index is -0.569. The summed E-state index contributed by atoms with van der Waals surface area (Å²) in [7, 11) is 0. The standard InChI is InChI=1S/C15H11FN4/c1-9-5-15(13(8-18)10(2)19-9)20-12-3-4-14(16)11(6-12)7-17/h3-6H,1-2H3,(H,19,20). The van der Waals surface area contributed by atoms with Crippen LogP contribution in [0.25, 0.3) is 0 Å². The Kier molecular flexibility index (Phi) is 3.63. The fourth-order valence-corrected chi connectivity index (χ4v) is 1.91. The summed E-state index contributed by atoms with van der Waals surface area (Å²) < 4.78 is 13.3. The van der Waals surface area contributed by atoms with Crippen molar-refractivity contribution >= 4 is 11.4 Å². The summed E-state index contributed by atoms with van der Waals surface area (Å²) in [5.41, 5.74) is 2.91. The van der Waals surface area contributed by atoms with Gasteiger partial charge in [-0.15, -0.1) is 0 Å². The van der Waals surface area contributed by atoms with Gasteiger partial charge in [0.1, 0.15) is 18.0 Å². The SMILES string of the molecule is Cc1cc(Nc2ccc(F)c(C#N)c2)c(C#N)c(C)n1. The second kappa shape index (κ2) is 5.38. The summed E-state index contributed by atoms with van der Waals surface area (Å²) in [5.74, 6) is -0.569. The average Bonchev–Trinajstić information content (AvgIpc) is 2.40. The molecule has 0 saturated carbocycles. The third-order valence-electron chi connectivity index (χ3n) is 2.81. The van der Waals surface area contributed by atoms with Crippen molar-refractivity contribution in [3.05, 3.63) is 52.6 Å². The van der Waals surface area contributed by atoms with Gasteiger partial charge >= 0.3 is 0 Å². The number of aromatic nitrogens is 1. The van der Waals surface area contributed by atoms with Gasteiger partial charge in [0.25, 0.3) is 0 Å². The lowest BCUT2D eigenvalue weighted by atomic mass is 10.1. The summed E-state index contributed by atoms with van der Waals surface area (Å²) in [5, 5.41) is 21.0. The molecule has 1 N–H and O–H groups in total. The number of rotatable bonds is 2. The Bertz CT molecular complexity index is 754. The van der Waals surface area contributed by atoms with Crippen LogP contribution in [0.15, 0.2) is 24.3 Å². The maximum atomic E-state index is 13.3. The highest BCUT2D eigenvalue weighted by Gasteiger charge is 2.09. The monoisotopic (exact) mass is 266 g/mol. The topological polar surface area (TPSA) is 72.5 Å². The molecule has 0 atom stereocenters. The minimum Gasteiger partial charge on any atom is -0.354 e. The van der Waals surface area contributed by atoms with Gasteiger partial charge in [-0.05, 0) is 38.1 Å². The summed E-state index contributed by atoms with van der Waals surface area (Å²) >= 11 is 0. The Morgan fingerprint density at radius 2 is 1.90 bits per heavy atom. The first kappa shape index (κ1) is 13.5. The number of nitrogens with one attached hydrogen (secondary N) is 1. The van der Waals surface area contributed by atoms with Crippen molar-refractivity contribution in [2.75, 3.05) is 5.32 Å². The van der Waals surface area contributed by atoms with Crippen LogP contribution in [0.2, 0.25) is 0 Å². The van der Waals surface area contributed by atoms with Crippen LogP contribution in [0.4, 0.5) is 15.8 Å². The molecule has 1 aromatic carbocycles. The maximum Gasteiger partial charge on any atom is 0.141 e. The van der Waals surface area contributed by atoms with Gasteiger partial charge in [-0.1, -0.05) is 0 Å². The molecule has 0 fully saturated rings. The molecule has 5 heteroatoms. The molecule has 0 aliphatic carbocycles. The normalized spacial score (nSPS) is 9.65. The van der Waals surface area contributed by atoms with Gasteiger partial charge in [0.2, 0.25) is 0 Å². The average molecular weight is 266 g/mol. The van der Waals surface area contributed by atoms with E-state index in [1.807, 2.05) is 6.92 Å². The zero-order valence-electron chi connectivity index (χ0n) is 11.0. The number of pyridine rings is 1. The zero-order valence-corrected chi connectivity index (χ0v) is 11.0. The van der Waals surface area contributed by atoms with Crippen molar-refractivity contribution in [2.24, 2.45) is 0 Å². The molecule has 20 heavy (non-hydrogen) atoms. The lowest BCUT2D eigenvalue weighted by Gasteiger charge is -2.11. The Balaban J connectivity index is 2.46. The van der Waals surface area contributed by atoms with Crippen molar-refractivity contribution in [1.29, 1.82) is 10.5 Å². The summed E-state index contributed by atoms with van der Waals surface area (Å²) in [6.45, 7) is 3.58. The molecule has 1 aromatic heterocycles. The first-order valence-corrected chi connectivity index (χ1v) is 5.90. The largest absolute Gasteiger partial charge is 0.354 e. The lowest BCUT2D eigenvalue weighted by molar-refractivity contribution is 0.624. The number of nitriles is 2. The molecule has 2 rings (SSSR count). The number of aryl methyl sites for hydroxylation is 2. The van der Waals surface area contributed by atoms with Gasteiger partial charge in [0, 0.05) is 11.4 Å². The van der Waals surface area contributed by atoms with E-state index in [-0.39, 0.29) is 5.56 Å². The molecule has 0 aliphatic heterocycles. The molecular formula is C15H11FN4. The summed E-state index contributed by atoms with van der Waals surface area (Å²) in [6, 6.07) is 9.74. The Labute approximate surface area is 116 Å². The van der Waals surface area contributed by atoms with Gasteiger partial charge < -0.3 is 5.32 Å². The smallest absolute Gasteiger partial charge is 0.141 e. The molecule has 2 aromatic rings.